The van der Waals surface area contributed by atoms with Gasteiger partial charge in [-0.25, -0.2) is 8.78 Å². The maximum atomic E-state index is 14.0. The fourth-order valence-electron chi connectivity index (χ4n) is 2.40. The zero-order chi connectivity index (χ0) is 17.0. The molecular weight excluding hydrogens is 298 g/mol. The molecule has 0 fully saturated rings. The minimum Gasteiger partial charge on any atom is -0.399 e. The second-order valence-corrected chi connectivity index (χ2v) is 5.87. The molecule has 3 N–H and O–H groups in total. The molecule has 0 spiro atoms. The fourth-order valence-corrected chi connectivity index (χ4v) is 2.40. The van der Waals surface area contributed by atoms with Gasteiger partial charge in [-0.05, 0) is 29.7 Å². The van der Waals surface area contributed by atoms with Gasteiger partial charge in [0, 0.05) is 17.3 Å². The summed E-state index contributed by atoms with van der Waals surface area (Å²) in [6.45, 7) is 3.74. The molecule has 0 radical (unpaired) electrons. The number of hydrogen-bond donors (Lipinski definition) is 2. The van der Waals surface area contributed by atoms with Gasteiger partial charge in [0.25, 0.3) is 0 Å². The average molecular weight is 318 g/mol. The van der Waals surface area contributed by atoms with Crippen LogP contribution >= 0.6 is 0 Å². The Labute approximate surface area is 134 Å². The molecule has 0 aromatic heterocycles. The summed E-state index contributed by atoms with van der Waals surface area (Å²) in [6, 6.07) is 9.88. The first-order valence-electron chi connectivity index (χ1n) is 7.45. The molecule has 2 rings (SSSR count). The van der Waals surface area contributed by atoms with Gasteiger partial charge in [-0.2, -0.15) is 0 Å². The van der Waals surface area contributed by atoms with E-state index in [1.807, 2.05) is 13.8 Å². The SMILES string of the molecule is CC(C)C(NC(=O)Cc1ccc(N)cc1)c1ccc(F)cc1F. The molecule has 0 aliphatic carbocycles. The number of benzene rings is 2. The number of amides is 1. The maximum Gasteiger partial charge on any atom is 0.224 e. The molecule has 0 aliphatic rings. The van der Waals surface area contributed by atoms with Crippen LogP contribution in [0.15, 0.2) is 42.5 Å². The van der Waals surface area contributed by atoms with E-state index >= 15 is 0 Å². The molecule has 1 unspecified atom stereocenters. The lowest BCUT2D eigenvalue weighted by Crippen LogP contribution is -2.33. The number of halogens is 2. The summed E-state index contributed by atoms with van der Waals surface area (Å²) in [4.78, 5) is 12.2. The van der Waals surface area contributed by atoms with Gasteiger partial charge in [-0.3, -0.25) is 4.79 Å². The molecule has 2 aromatic rings. The second kappa shape index (κ2) is 7.22. The number of anilines is 1. The molecule has 2 aromatic carbocycles. The smallest absolute Gasteiger partial charge is 0.224 e. The highest BCUT2D eigenvalue weighted by Crippen LogP contribution is 2.25. The number of nitrogens with one attached hydrogen (secondary N) is 1. The van der Waals surface area contributed by atoms with E-state index in [0.29, 0.717) is 5.69 Å². The van der Waals surface area contributed by atoms with Gasteiger partial charge in [0.15, 0.2) is 0 Å². The summed E-state index contributed by atoms with van der Waals surface area (Å²) in [5.74, 6) is -1.55. The molecular formula is C18H20F2N2O. The second-order valence-electron chi connectivity index (χ2n) is 5.87. The summed E-state index contributed by atoms with van der Waals surface area (Å²) >= 11 is 0. The minimum absolute atomic E-state index is 0.0367. The summed E-state index contributed by atoms with van der Waals surface area (Å²) in [5.41, 5.74) is 7.34. The topological polar surface area (TPSA) is 55.1 Å². The minimum atomic E-state index is -0.656. The predicted octanol–water partition coefficient (Wildman–Crippen LogP) is 3.60. The van der Waals surface area contributed by atoms with E-state index in [0.717, 1.165) is 11.6 Å². The average Bonchev–Trinajstić information content (AvgIpc) is 2.48. The molecule has 0 saturated heterocycles. The van der Waals surface area contributed by atoms with Crippen LogP contribution in [-0.2, 0) is 11.2 Å². The lowest BCUT2D eigenvalue weighted by molar-refractivity contribution is -0.121. The zero-order valence-corrected chi connectivity index (χ0v) is 13.1. The van der Waals surface area contributed by atoms with Crippen LogP contribution in [0.5, 0.6) is 0 Å². The van der Waals surface area contributed by atoms with Crippen molar-refractivity contribution in [2.75, 3.05) is 5.73 Å². The summed E-state index contributed by atoms with van der Waals surface area (Å²) < 4.78 is 27.0. The summed E-state index contributed by atoms with van der Waals surface area (Å²) in [5, 5.41) is 2.82. The molecule has 23 heavy (non-hydrogen) atoms. The van der Waals surface area contributed by atoms with Crippen LogP contribution in [0, 0.1) is 17.6 Å². The molecule has 5 heteroatoms. The fraction of sp³-hybridized carbons (Fsp3) is 0.278. The number of hydrogen-bond acceptors (Lipinski definition) is 2. The molecule has 0 bridgehead atoms. The Morgan fingerprint density at radius 3 is 2.35 bits per heavy atom. The van der Waals surface area contributed by atoms with Crippen LogP contribution in [0.3, 0.4) is 0 Å². The van der Waals surface area contributed by atoms with E-state index < -0.39 is 17.7 Å². The van der Waals surface area contributed by atoms with Crippen LogP contribution < -0.4 is 11.1 Å². The van der Waals surface area contributed by atoms with Crippen molar-refractivity contribution in [3.8, 4) is 0 Å². The molecule has 122 valence electrons. The van der Waals surface area contributed by atoms with Crippen molar-refractivity contribution >= 4 is 11.6 Å². The Bertz CT molecular complexity index is 684. The van der Waals surface area contributed by atoms with Gasteiger partial charge < -0.3 is 11.1 Å². The van der Waals surface area contributed by atoms with E-state index in [2.05, 4.69) is 5.32 Å². The first kappa shape index (κ1) is 16.9. The van der Waals surface area contributed by atoms with Crippen LogP contribution in [0.4, 0.5) is 14.5 Å². The van der Waals surface area contributed by atoms with Crippen LogP contribution in [0.2, 0.25) is 0 Å². The molecule has 1 atom stereocenters. The van der Waals surface area contributed by atoms with E-state index in [1.54, 1.807) is 24.3 Å². The number of nitrogens with two attached hydrogens (primary N) is 1. The van der Waals surface area contributed by atoms with Gasteiger partial charge >= 0.3 is 0 Å². The first-order valence-corrected chi connectivity index (χ1v) is 7.45. The first-order chi connectivity index (χ1) is 10.9. The van der Waals surface area contributed by atoms with Crippen LogP contribution in [0.25, 0.3) is 0 Å². The predicted molar refractivity (Wildman–Crippen MR) is 86.6 cm³/mol. The van der Waals surface area contributed by atoms with Crippen molar-refractivity contribution in [3.63, 3.8) is 0 Å². The summed E-state index contributed by atoms with van der Waals surface area (Å²) in [7, 11) is 0. The Hall–Kier alpha value is -2.43. The van der Waals surface area contributed by atoms with E-state index in [9.17, 15) is 13.6 Å². The van der Waals surface area contributed by atoms with Crippen molar-refractivity contribution in [2.24, 2.45) is 5.92 Å². The zero-order valence-electron chi connectivity index (χ0n) is 13.1. The quantitative estimate of drug-likeness (QED) is 0.828. The van der Waals surface area contributed by atoms with Crippen molar-refractivity contribution in [2.45, 2.75) is 26.3 Å². The molecule has 0 aliphatic heterocycles. The Kier molecular flexibility index (Phi) is 5.32. The number of nitrogen functional groups attached to an aromatic ring is 1. The third kappa shape index (κ3) is 4.52. The maximum absolute atomic E-state index is 14.0. The van der Waals surface area contributed by atoms with Gasteiger partial charge in [0.2, 0.25) is 5.91 Å². The molecule has 1 amide bonds. The highest BCUT2D eigenvalue weighted by Gasteiger charge is 2.22. The third-order valence-corrected chi connectivity index (χ3v) is 3.63. The van der Waals surface area contributed by atoms with Gasteiger partial charge in [-0.1, -0.05) is 32.0 Å². The molecule has 3 nitrogen and oxygen atoms in total. The van der Waals surface area contributed by atoms with E-state index in [1.165, 1.54) is 12.1 Å². The van der Waals surface area contributed by atoms with Crippen LogP contribution in [-0.4, -0.2) is 5.91 Å². The third-order valence-electron chi connectivity index (χ3n) is 3.63. The lowest BCUT2D eigenvalue weighted by atomic mass is 9.95. The molecule has 0 saturated carbocycles. The number of rotatable bonds is 5. The Morgan fingerprint density at radius 1 is 1.13 bits per heavy atom. The van der Waals surface area contributed by atoms with Gasteiger partial charge in [0.05, 0.1) is 12.5 Å². The highest BCUT2D eigenvalue weighted by atomic mass is 19.1. The van der Waals surface area contributed by atoms with Crippen molar-refractivity contribution < 1.29 is 13.6 Å². The monoisotopic (exact) mass is 318 g/mol. The van der Waals surface area contributed by atoms with Gasteiger partial charge in [0.1, 0.15) is 11.6 Å². The normalized spacial score (nSPS) is 12.2. The summed E-state index contributed by atoms with van der Waals surface area (Å²) in [6.07, 6.45) is 0.173. The highest BCUT2D eigenvalue weighted by molar-refractivity contribution is 5.79. The largest absolute Gasteiger partial charge is 0.399 e. The van der Waals surface area contributed by atoms with Crippen molar-refractivity contribution in [1.82, 2.24) is 5.32 Å². The van der Waals surface area contributed by atoms with Crippen molar-refractivity contribution in [3.05, 3.63) is 65.2 Å². The molecule has 0 heterocycles. The van der Waals surface area contributed by atoms with Gasteiger partial charge in [-0.15, -0.1) is 0 Å². The van der Waals surface area contributed by atoms with E-state index in [4.69, 9.17) is 5.73 Å². The van der Waals surface area contributed by atoms with Crippen molar-refractivity contribution in [1.29, 1.82) is 0 Å². The Morgan fingerprint density at radius 2 is 1.78 bits per heavy atom. The van der Waals surface area contributed by atoms with Crippen LogP contribution in [0.1, 0.15) is 31.0 Å². The number of carbonyl (C=O) groups excluding carboxylic acids is 1. The van der Waals surface area contributed by atoms with E-state index in [-0.39, 0.29) is 23.8 Å². The Balaban J connectivity index is 2.12. The standard InChI is InChI=1S/C18H20F2N2O/c1-11(2)18(15-8-5-13(19)10-16(15)20)22-17(23)9-12-3-6-14(21)7-4-12/h3-8,10-11,18H,9,21H2,1-2H3,(H,22,23). The lowest BCUT2D eigenvalue weighted by Gasteiger charge is -2.23. The number of carbonyl (C=O) groups is 1.